The standard InChI is InChI=1S/C20H35NO2/c1-3-4-5-10-13-18-16-19(21-17-18)14-11-8-6-7-9-12-15-20(22)23-2/h16-17,21H,3-15H2,1-2H3. The molecule has 0 unspecified atom stereocenters. The fourth-order valence-corrected chi connectivity index (χ4v) is 2.93. The van der Waals surface area contributed by atoms with Crippen molar-refractivity contribution in [3.05, 3.63) is 23.5 Å². The van der Waals surface area contributed by atoms with Gasteiger partial charge in [-0.3, -0.25) is 4.79 Å². The van der Waals surface area contributed by atoms with Crippen LogP contribution in [0.2, 0.25) is 0 Å². The Labute approximate surface area is 142 Å². The van der Waals surface area contributed by atoms with Gasteiger partial charge in [0, 0.05) is 18.3 Å². The quantitative estimate of drug-likeness (QED) is 0.359. The summed E-state index contributed by atoms with van der Waals surface area (Å²) in [5.74, 6) is -0.0813. The summed E-state index contributed by atoms with van der Waals surface area (Å²) in [5.41, 5.74) is 2.86. The second-order valence-corrected chi connectivity index (χ2v) is 6.54. The largest absolute Gasteiger partial charge is 0.469 e. The van der Waals surface area contributed by atoms with Gasteiger partial charge in [0.1, 0.15) is 0 Å². The Kier molecular flexibility index (Phi) is 11.4. The fraction of sp³-hybridized carbons (Fsp3) is 0.750. The van der Waals surface area contributed by atoms with Gasteiger partial charge in [0.25, 0.3) is 0 Å². The third kappa shape index (κ3) is 10.2. The van der Waals surface area contributed by atoms with Crippen molar-refractivity contribution in [1.82, 2.24) is 4.98 Å². The highest BCUT2D eigenvalue weighted by atomic mass is 16.5. The monoisotopic (exact) mass is 321 g/mol. The van der Waals surface area contributed by atoms with Crippen molar-refractivity contribution < 1.29 is 9.53 Å². The minimum Gasteiger partial charge on any atom is -0.469 e. The van der Waals surface area contributed by atoms with Gasteiger partial charge in [0.2, 0.25) is 0 Å². The molecule has 1 N–H and O–H groups in total. The molecule has 0 aliphatic heterocycles. The summed E-state index contributed by atoms with van der Waals surface area (Å²) in [6, 6.07) is 2.35. The van der Waals surface area contributed by atoms with Gasteiger partial charge >= 0.3 is 5.97 Å². The van der Waals surface area contributed by atoms with Gasteiger partial charge in [-0.05, 0) is 43.7 Å². The zero-order valence-electron chi connectivity index (χ0n) is 15.2. The number of unbranched alkanes of at least 4 members (excludes halogenated alkanes) is 8. The molecule has 0 radical (unpaired) electrons. The number of ether oxygens (including phenoxy) is 1. The predicted molar refractivity (Wildman–Crippen MR) is 96.7 cm³/mol. The van der Waals surface area contributed by atoms with Crippen LogP contribution in [-0.4, -0.2) is 18.1 Å². The van der Waals surface area contributed by atoms with E-state index >= 15 is 0 Å². The Morgan fingerprint density at radius 2 is 1.61 bits per heavy atom. The Balaban J connectivity index is 1.97. The molecule has 0 atom stereocenters. The molecular weight excluding hydrogens is 286 g/mol. The van der Waals surface area contributed by atoms with Crippen LogP contribution < -0.4 is 0 Å². The number of H-pyrrole nitrogens is 1. The van der Waals surface area contributed by atoms with Gasteiger partial charge in [-0.1, -0.05) is 51.9 Å². The molecule has 1 rings (SSSR count). The molecule has 1 aromatic rings. The van der Waals surface area contributed by atoms with E-state index in [-0.39, 0.29) is 5.97 Å². The molecule has 0 bridgehead atoms. The van der Waals surface area contributed by atoms with E-state index in [0.29, 0.717) is 6.42 Å². The van der Waals surface area contributed by atoms with Crippen LogP contribution in [0.5, 0.6) is 0 Å². The van der Waals surface area contributed by atoms with Crippen LogP contribution in [0, 0.1) is 0 Å². The van der Waals surface area contributed by atoms with Crippen molar-refractivity contribution in [2.75, 3.05) is 7.11 Å². The second-order valence-electron chi connectivity index (χ2n) is 6.54. The Bertz CT molecular complexity index is 412. The average molecular weight is 322 g/mol. The molecule has 0 fully saturated rings. The number of esters is 1. The summed E-state index contributed by atoms with van der Waals surface area (Å²) < 4.78 is 4.64. The van der Waals surface area contributed by atoms with Crippen molar-refractivity contribution >= 4 is 5.97 Å². The first-order valence-corrected chi connectivity index (χ1v) is 9.49. The zero-order valence-corrected chi connectivity index (χ0v) is 15.2. The van der Waals surface area contributed by atoms with E-state index in [9.17, 15) is 4.79 Å². The van der Waals surface area contributed by atoms with Crippen LogP contribution in [0.3, 0.4) is 0 Å². The number of aryl methyl sites for hydroxylation is 2. The maximum Gasteiger partial charge on any atom is 0.305 e. The van der Waals surface area contributed by atoms with E-state index < -0.39 is 0 Å². The average Bonchev–Trinajstić information content (AvgIpc) is 3.01. The van der Waals surface area contributed by atoms with Crippen molar-refractivity contribution in [3.8, 4) is 0 Å². The first kappa shape index (κ1) is 19.8. The summed E-state index contributed by atoms with van der Waals surface area (Å²) in [7, 11) is 1.46. The number of methoxy groups -OCH3 is 1. The van der Waals surface area contributed by atoms with Gasteiger partial charge in [0.15, 0.2) is 0 Å². The van der Waals surface area contributed by atoms with Gasteiger partial charge in [-0.15, -0.1) is 0 Å². The van der Waals surface area contributed by atoms with Crippen LogP contribution in [0.15, 0.2) is 12.3 Å². The van der Waals surface area contributed by atoms with Crippen molar-refractivity contribution in [2.45, 2.75) is 90.4 Å². The number of carbonyl (C=O) groups is 1. The molecule has 23 heavy (non-hydrogen) atoms. The number of aromatic nitrogens is 1. The van der Waals surface area contributed by atoms with Crippen LogP contribution in [0.25, 0.3) is 0 Å². The van der Waals surface area contributed by atoms with E-state index in [2.05, 4.69) is 28.9 Å². The summed E-state index contributed by atoms with van der Waals surface area (Å²) in [4.78, 5) is 14.4. The molecule has 0 spiro atoms. The van der Waals surface area contributed by atoms with Gasteiger partial charge < -0.3 is 9.72 Å². The van der Waals surface area contributed by atoms with Crippen LogP contribution in [-0.2, 0) is 22.4 Å². The maximum absolute atomic E-state index is 11.0. The van der Waals surface area contributed by atoms with E-state index in [1.165, 1.54) is 76.2 Å². The first-order valence-electron chi connectivity index (χ1n) is 9.49. The SMILES string of the molecule is CCCCCCc1c[nH]c(CCCCCCCCC(=O)OC)c1. The summed E-state index contributed by atoms with van der Waals surface area (Å²) in [6.07, 6.45) is 17.6. The van der Waals surface area contributed by atoms with Crippen molar-refractivity contribution in [3.63, 3.8) is 0 Å². The molecule has 0 aliphatic rings. The topological polar surface area (TPSA) is 42.1 Å². The zero-order chi connectivity index (χ0) is 16.8. The Hall–Kier alpha value is -1.25. The molecule has 1 aromatic heterocycles. The van der Waals surface area contributed by atoms with Gasteiger partial charge in [-0.25, -0.2) is 0 Å². The lowest BCUT2D eigenvalue weighted by Gasteiger charge is -2.01. The minimum absolute atomic E-state index is 0.0813. The molecule has 0 amide bonds. The normalized spacial score (nSPS) is 10.9. The molecule has 1 heterocycles. The number of carbonyl (C=O) groups excluding carboxylic acids is 1. The molecule has 0 aliphatic carbocycles. The van der Waals surface area contributed by atoms with Crippen LogP contribution in [0.4, 0.5) is 0 Å². The van der Waals surface area contributed by atoms with E-state index in [0.717, 1.165) is 19.3 Å². The van der Waals surface area contributed by atoms with E-state index in [1.54, 1.807) is 0 Å². The molecule has 132 valence electrons. The lowest BCUT2D eigenvalue weighted by atomic mass is 10.1. The smallest absolute Gasteiger partial charge is 0.305 e. The second kappa shape index (κ2) is 13.2. The molecule has 3 nitrogen and oxygen atoms in total. The van der Waals surface area contributed by atoms with E-state index in [1.807, 2.05) is 0 Å². The highest BCUT2D eigenvalue weighted by Gasteiger charge is 2.01. The first-order chi connectivity index (χ1) is 11.3. The maximum atomic E-state index is 11.0. The molecule has 0 saturated heterocycles. The van der Waals surface area contributed by atoms with Gasteiger partial charge in [-0.2, -0.15) is 0 Å². The number of rotatable bonds is 14. The van der Waals surface area contributed by atoms with Crippen LogP contribution in [0.1, 0.15) is 88.8 Å². The predicted octanol–water partition coefficient (Wildman–Crippen LogP) is 5.58. The summed E-state index contributed by atoms with van der Waals surface area (Å²) in [6.45, 7) is 2.26. The van der Waals surface area contributed by atoms with Crippen molar-refractivity contribution in [2.24, 2.45) is 0 Å². The van der Waals surface area contributed by atoms with Crippen LogP contribution >= 0.6 is 0 Å². The molecule has 0 saturated carbocycles. The number of nitrogens with one attached hydrogen (secondary N) is 1. The van der Waals surface area contributed by atoms with Crippen molar-refractivity contribution in [1.29, 1.82) is 0 Å². The third-order valence-corrected chi connectivity index (χ3v) is 4.43. The molecule has 0 aromatic carbocycles. The van der Waals surface area contributed by atoms with E-state index in [4.69, 9.17) is 0 Å². The van der Waals surface area contributed by atoms with Gasteiger partial charge in [0.05, 0.1) is 7.11 Å². The highest BCUT2D eigenvalue weighted by Crippen LogP contribution is 2.13. The number of hydrogen-bond donors (Lipinski definition) is 1. The Morgan fingerprint density at radius 3 is 2.35 bits per heavy atom. The summed E-state index contributed by atoms with van der Waals surface area (Å²) in [5, 5.41) is 0. The molecular formula is C20H35NO2. The lowest BCUT2D eigenvalue weighted by molar-refractivity contribution is -0.140. The minimum atomic E-state index is -0.0813. The number of aromatic amines is 1. The lowest BCUT2D eigenvalue weighted by Crippen LogP contribution is -1.99. The fourth-order valence-electron chi connectivity index (χ4n) is 2.93. The summed E-state index contributed by atoms with van der Waals surface area (Å²) >= 11 is 0. The number of hydrogen-bond acceptors (Lipinski definition) is 2. The Morgan fingerprint density at radius 1 is 0.957 bits per heavy atom. The third-order valence-electron chi connectivity index (χ3n) is 4.43. The molecule has 3 heteroatoms. The highest BCUT2D eigenvalue weighted by molar-refractivity contribution is 5.68.